The molecule has 0 radical (unpaired) electrons. The van der Waals surface area contributed by atoms with Crippen molar-refractivity contribution in [1.29, 1.82) is 0 Å². The van der Waals surface area contributed by atoms with Crippen LogP contribution in [-0.4, -0.2) is 10.9 Å². The van der Waals surface area contributed by atoms with Gasteiger partial charge in [-0.3, -0.25) is 4.79 Å². The fourth-order valence-corrected chi connectivity index (χ4v) is 3.73. The van der Waals surface area contributed by atoms with Crippen LogP contribution in [0.5, 0.6) is 0 Å². The lowest BCUT2D eigenvalue weighted by Crippen LogP contribution is -2.27. The molecule has 4 rings (SSSR count). The Morgan fingerprint density at radius 3 is 2.19 bits per heavy atom. The summed E-state index contributed by atoms with van der Waals surface area (Å²) in [5.41, 5.74) is 5.06. The Hall–Kier alpha value is -3.66. The van der Waals surface area contributed by atoms with Crippen LogP contribution in [0, 0.1) is 6.92 Å². The summed E-state index contributed by atoms with van der Waals surface area (Å²) in [5.74, 6) is 1.28. The number of nitrogens with one attached hydrogen (secondary N) is 1. The van der Waals surface area contributed by atoms with E-state index in [2.05, 4.69) is 18.3 Å². The van der Waals surface area contributed by atoms with Crippen molar-refractivity contribution < 1.29 is 9.21 Å². The first-order chi connectivity index (χ1) is 15.1. The van der Waals surface area contributed by atoms with Gasteiger partial charge in [0.25, 0.3) is 0 Å². The molecule has 0 fully saturated rings. The number of hydrogen-bond donors (Lipinski definition) is 1. The van der Waals surface area contributed by atoms with Gasteiger partial charge in [0.2, 0.25) is 5.91 Å². The van der Waals surface area contributed by atoms with Crippen molar-refractivity contribution >= 4 is 5.91 Å². The summed E-state index contributed by atoms with van der Waals surface area (Å²) >= 11 is 0. The highest BCUT2D eigenvalue weighted by atomic mass is 16.4. The second-order valence-electron chi connectivity index (χ2n) is 7.66. The van der Waals surface area contributed by atoms with Crippen LogP contribution < -0.4 is 5.32 Å². The first-order valence-corrected chi connectivity index (χ1v) is 10.6. The molecule has 0 bridgehead atoms. The van der Waals surface area contributed by atoms with Crippen molar-refractivity contribution in [3.8, 4) is 22.6 Å². The molecular formula is C27H26N2O2. The first kappa shape index (κ1) is 20.6. The van der Waals surface area contributed by atoms with Gasteiger partial charge in [0.15, 0.2) is 11.7 Å². The topological polar surface area (TPSA) is 55.1 Å². The molecule has 156 valence electrons. The standard InChI is InChI=1S/C27H26N2O2/c1-19-11-9-10-16-23(19)20(2)28-24(30)17-18-25-29-26(21-12-5-3-6-13-21)27(31-25)22-14-7-4-8-15-22/h3-16,20H,17-18H2,1-2H3,(H,28,30). The van der Waals surface area contributed by atoms with Gasteiger partial charge in [0.1, 0.15) is 5.69 Å². The van der Waals surface area contributed by atoms with Crippen molar-refractivity contribution in [3.63, 3.8) is 0 Å². The third-order valence-electron chi connectivity index (χ3n) is 5.35. The summed E-state index contributed by atoms with van der Waals surface area (Å²) in [6, 6.07) is 28.0. The van der Waals surface area contributed by atoms with Crippen LogP contribution in [0.1, 0.15) is 36.4 Å². The number of rotatable bonds is 7. The van der Waals surface area contributed by atoms with Gasteiger partial charge < -0.3 is 9.73 Å². The first-order valence-electron chi connectivity index (χ1n) is 10.6. The highest BCUT2D eigenvalue weighted by molar-refractivity contribution is 5.78. The Labute approximate surface area is 183 Å². The number of aryl methyl sites for hydroxylation is 2. The minimum atomic E-state index is -0.0435. The Morgan fingerprint density at radius 1 is 0.903 bits per heavy atom. The quantitative estimate of drug-likeness (QED) is 0.399. The lowest BCUT2D eigenvalue weighted by molar-refractivity contribution is -0.121. The zero-order valence-electron chi connectivity index (χ0n) is 17.8. The van der Waals surface area contributed by atoms with Crippen molar-refractivity contribution in [3.05, 3.63) is 102 Å². The minimum absolute atomic E-state index is 0.0172. The van der Waals surface area contributed by atoms with Crippen LogP contribution in [0.4, 0.5) is 0 Å². The number of hydrogen-bond acceptors (Lipinski definition) is 3. The largest absolute Gasteiger partial charge is 0.440 e. The van der Waals surface area contributed by atoms with E-state index < -0.39 is 0 Å². The Bertz CT molecular complexity index is 1090. The second kappa shape index (κ2) is 9.43. The number of nitrogens with zero attached hydrogens (tertiary/aromatic N) is 1. The number of amides is 1. The zero-order valence-corrected chi connectivity index (χ0v) is 17.8. The van der Waals surface area contributed by atoms with E-state index in [1.807, 2.05) is 85.8 Å². The van der Waals surface area contributed by atoms with Gasteiger partial charge in [0.05, 0.1) is 6.04 Å². The van der Waals surface area contributed by atoms with E-state index in [-0.39, 0.29) is 11.9 Å². The summed E-state index contributed by atoms with van der Waals surface area (Å²) in [7, 11) is 0. The highest BCUT2D eigenvalue weighted by Crippen LogP contribution is 2.32. The number of carbonyl (C=O) groups is 1. The fraction of sp³-hybridized carbons (Fsp3) is 0.185. The molecule has 1 heterocycles. The van der Waals surface area contributed by atoms with Crippen LogP contribution in [-0.2, 0) is 11.2 Å². The van der Waals surface area contributed by atoms with Crippen molar-refractivity contribution in [2.45, 2.75) is 32.7 Å². The molecule has 1 unspecified atom stereocenters. The minimum Gasteiger partial charge on any atom is -0.440 e. The van der Waals surface area contributed by atoms with Crippen LogP contribution in [0.25, 0.3) is 22.6 Å². The highest BCUT2D eigenvalue weighted by Gasteiger charge is 2.18. The molecule has 31 heavy (non-hydrogen) atoms. The Balaban J connectivity index is 1.49. The molecule has 1 N–H and O–H groups in total. The Morgan fingerprint density at radius 2 is 1.52 bits per heavy atom. The van der Waals surface area contributed by atoms with Crippen LogP contribution >= 0.6 is 0 Å². The van der Waals surface area contributed by atoms with Gasteiger partial charge in [-0.1, -0.05) is 84.9 Å². The molecule has 0 aliphatic carbocycles. The van der Waals surface area contributed by atoms with Crippen LogP contribution in [0.3, 0.4) is 0 Å². The smallest absolute Gasteiger partial charge is 0.220 e. The number of benzene rings is 3. The lowest BCUT2D eigenvalue weighted by Gasteiger charge is -2.16. The number of carbonyl (C=O) groups excluding carboxylic acids is 1. The molecule has 0 saturated heterocycles. The number of oxazole rings is 1. The molecule has 1 aromatic heterocycles. The SMILES string of the molecule is Cc1ccccc1C(C)NC(=O)CCc1nc(-c2ccccc2)c(-c2ccccc2)o1. The van der Waals surface area contributed by atoms with Gasteiger partial charge in [-0.2, -0.15) is 0 Å². The molecule has 3 aromatic carbocycles. The molecule has 1 amide bonds. The lowest BCUT2D eigenvalue weighted by atomic mass is 10.0. The van der Waals surface area contributed by atoms with Gasteiger partial charge in [-0.15, -0.1) is 0 Å². The summed E-state index contributed by atoms with van der Waals surface area (Å²) in [5, 5.41) is 3.08. The van der Waals surface area contributed by atoms with E-state index in [1.54, 1.807) is 0 Å². The molecule has 0 spiro atoms. The van der Waals surface area contributed by atoms with E-state index in [4.69, 9.17) is 9.40 Å². The molecule has 4 nitrogen and oxygen atoms in total. The van der Waals surface area contributed by atoms with E-state index in [0.29, 0.717) is 18.7 Å². The van der Waals surface area contributed by atoms with Gasteiger partial charge in [0, 0.05) is 24.0 Å². The third-order valence-corrected chi connectivity index (χ3v) is 5.35. The van der Waals surface area contributed by atoms with E-state index in [0.717, 1.165) is 28.1 Å². The van der Waals surface area contributed by atoms with Gasteiger partial charge >= 0.3 is 0 Å². The van der Waals surface area contributed by atoms with E-state index in [1.165, 1.54) is 5.56 Å². The Kier molecular flexibility index (Phi) is 6.27. The van der Waals surface area contributed by atoms with Crippen molar-refractivity contribution in [2.24, 2.45) is 0 Å². The van der Waals surface area contributed by atoms with E-state index in [9.17, 15) is 4.79 Å². The average Bonchev–Trinajstić information content (AvgIpc) is 3.23. The van der Waals surface area contributed by atoms with Crippen molar-refractivity contribution in [2.75, 3.05) is 0 Å². The average molecular weight is 411 g/mol. The molecule has 0 aliphatic heterocycles. The second-order valence-corrected chi connectivity index (χ2v) is 7.66. The molecule has 0 saturated carbocycles. The predicted molar refractivity (Wildman–Crippen MR) is 123 cm³/mol. The maximum absolute atomic E-state index is 12.6. The summed E-state index contributed by atoms with van der Waals surface area (Å²) in [6.45, 7) is 4.06. The van der Waals surface area contributed by atoms with Crippen LogP contribution in [0.2, 0.25) is 0 Å². The summed E-state index contributed by atoms with van der Waals surface area (Å²) in [4.78, 5) is 17.3. The zero-order chi connectivity index (χ0) is 21.6. The van der Waals surface area contributed by atoms with Crippen molar-refractivity contribution in [1.82, 2.24) is 10.3 Å². The molecule has 4 heteroatoms. The normalized spacial score (nSPS) is 11.8. The third kappa shape index (κ3) is 4.92. The maximum atomic E-state index is 12.6. The summed E-state index contributed by atoms with van der Waals surface area (Å²) in [6.07, 6.45) is 0.762. The predicted octanol–water partition coefficient (Wildman–Crippen LogP) is 6.13. The van der Waals surface area contributed by atoms with Gasteiger partial charge in [-0.05, 0) is 25.0 Å². The fourth-order valence-electron chi connectivity index (χ4n) is 3.73. The number of aromatic nitrogens is 1. The monoisotopic (exact) mass is 410 g/mol. The molecule has 0 aliphatic rings. The molecular weight excluding hydrogens is 384 g/mol. The molecule has 4 aromatic rings. The van der Waals surface area contributed by atoms with E-state index >= 15 is 0 Å². The molecule has 1 atom stereocenters. The maximum Gasteiger partial charge on any atom is 0.220 e. The van der Waals surface area contributed by atoms with Crippen LogP contribution in [0.15, 0.2) is 89.3 Å². The van der Waals surface area contributed by atoms with Gasteiger partial charge in [-0.25, -0.2) is 4.98 Å². The summed E-state index contributed by atoms with van der Waals surface area (Å²) < 4.78 is 6.12.